The van der Waals surface area contributed by atoms with Gasteiger partial charge in [0.05, 0.1) is 15.6 Å². The first kappa shape index (κ1) is 11.2. The van der Waals surface area contributed by atoms with E-state index in [9.17, 15) is 8.42 Å². The van der Waals surface area contributed by atoms with Gasteiger partial charge in [0, 0.05) is 5.39 Å². The van der Waals surface area contributed by atoms with Crippen molar-refractivity contribution < 1.29 is 13.0 Å². The van der Waals surface area contributed by atoms with Gasteiger partial charge < -0.3 is 5.73 Å². The number of hydrogen-bond donors (Lipinski definition) is 2. The molecule has 2 aromatic carbocycles. The minimum Gasteiger partial charge on any atom is -0.398 e. The third kappa shape index (κ3) is 1.84. The fourth-order valence-corrected chi connectivity index (χ4v) is 2.20. The van der Waals surface area contributed by atoms with E-state index in [-0.39, 0.29) is 4.90 Å². The smallest absolute Gasteiger partial charge is 0.294 e. The summed E-state index contributed by atoms with van der Waals surface area (Å²) >= 11 is 5.96. The van der Waals surface area contributed by atoms with Crippen molar-refractivity contribution in [3.63, 3.8) is 0 Å². The van der Waals surface area contributed by atoms with Crippen LogP contribution in [-0.2, 0) is 10.1 Å². The Balaban J connectivity index is 2.80. The molecule has 0 aliphatic carbocycles. The van der Waals surface area contributed by atoms with E-state index in [4.69, 9.17) is 21.9 Å². The lowest BCUT2D eigenvalue weighted by Gasteiger charge is -2.05. The molecule has 0 spiro atoms. The van der Waals surface area contributed by atoms with E-state index in [0.29, 0.717) is 21.5 Å². The predicted molar refractivity (Wildman–Crippen MR) is 63.2 cm³/mol. The van der Waals surface area contributed by atoms with Crippen LogP contribution in [0.3, 0.4) is 0 Å². The lowest BCUT2D eigenvalue weighted by atomic mass is 10.1. The molecule has 0 aliphatic heterocycles. The van der Waals surface area contributed by atoms with Gasteiger partial charge >= 0.3 is 0 Å². The van der Waals surface area contributed by atoms with Crippen molar-refractivity contribution in [3.05, 3.63) is 35.4 Å². The second-order valence-corrected chi connectivity index (χ2v) is 5.13. The molecule has 0 amide bonds. The largest absolute Gasteiger partial charge is 0.398 e. The van der Waals surface area contributed by atoms with Crippen LogP contribution in [0.5, 0.6) is 0 Å². The molecule has 4 nitrogen and oxygen atoms in total. The van der Waals surface area contributed by atoms with Crippen molar-refractivity contribution in [2.45, 2.75) is 4.90 Å². The number of hydrogen-bond acceptors (Lipinski definition) is 3. The zero-order valence-electron chi connectivity index (χ0n) is 8.01. The van der Waals surface area contributed by atoms with Crippen LogP contribution >= 0.6 is 11.6 Å². The molecule has 0 saturated carbocycles. The van der Waals surface area contributed by atoms with Crippen LogP contribution in [0.4, 0.5) is 5.69 Å². The minimum atomic E-state index is -4.19. The van der Waals surface area contributed by atoms with Crippen molar-refractivity contribution in [2.24, 2.45) is 0 Å². The molecular weight excluding hydrogens is 250 g/mol. The Hall–Kier alpha value is -1.30. The van der Waals surface area contributed by atoms with Gasteiger partial charge in [0.15, 0.2) is 0 Å². The molecule has 0 radical (unpaired) electrons. The maximum atomic E-state index is 10.9. The Morgan fingerprint density at radius 2 is 1.88 bits per heavy atom. The summed E-state index contributed by atoms with van der Waals surface area (Å²) in [6.45, 7) is 0. The molecule has 6 heteroatoms. The Morgan fingerprint density at radius 1 is 1.19 bits per heavy atom. The Labute approximate surface area is 97.4 Å². The molecule has 2 aromatic rings. The number of nitrogen functional groups attached to an aromatic ring is 1. The summed E-state index contributed by atoms with van der Waals surface area (Å²) in [6, 6.07) is 7.36. The highest BCUT2D eigenvalue weighted by Gasteiger charge is 2.11. The van der Waals surface area contributed by atoms with Crippen molar-refractivity contribution in [3.8, 4) is 0 Å². The lowest BCUT2D eigenvalue weighted by Crippen LogP contribution is -1.97. The molecule has 0 fully saturated rings. The molecule has 0 unspecified atom stereocenters. The molecule has 0 atom stereocenters. The second kappa shape index (κ2) is 3.62. The summed E-state index contributed by atoms with van der Waals surface area (Å²) in [6.07, 6.45) is 0. The highest BCUT2D eigenvalue weighted by atomic mass is 35.5. The first-order valence-corrected chi connectivity index (χ1v) is 6.16. The molecule has 0 aromatic heterocycles. The summed E-state index contributed by atoms with van der Waals surface area (Å²) < 4.78 is 30.7. The van der Waals surface area contributed by atoms with Gasteiger partial charge in [0.25, 0.3) is 10.1 Å². The summed E-state index contributed by atoms with van der Waals surface area (Å²) in [4.78, 5) is -0.166. The monoisotopic (exact) mass is 257 g/mol. The van der Waals surface area contributed by atoms with Gasteiger partial charge in [-0.05, 0) is 23.6 Å². The van der Waals surface area contributed by atoms with Gasteiger partial charge in [-0.15, -0.1) is 0 Å². The van der Waals surface area contributed by atoms with Crippen LogP contribution in [0.15, 0.2) is 35.2 Å². The number of anilines is 1. The average molecular weight is 258 g/mol. The SMILES string of the molecule is Nc1ccc2cc(S(=O)(=O)O)ccc2c1Cl. The first-order valence-electron chi connectivity index (χ1n) is 4.35. The zero-order valence-corrected chi connectivity index (χ0v) is 9.59. The van der Waals surface area contributed by atoms with Gasteiger partial charge in [-0.25, -0.2) is 0 Å². The molecule has 0 heterocycles. The van der Waals surface area contributed by atoms with Gasteiger partial charge in [-0.1, -0.05) is 23.7 Å². The Morgan fingerprint density at radius 3 is 2.50 bits per heavy atom. The summed E-state index contributed by atoms with van der Waals surface area (Å²) in [5.41, 5.74) is 6.03. The molecule has 0 aliphatic rings. The van der Waals surface area contributed by atoms with Crippen LogP contribution in [-0.4, -0.2) is 13.0 Å². The first-order chi connectivity index (χ1) is 7.39. The van der Waals surface area contributed by atoms with E-state index >= 15 is 0 Å². The molecular formula is C10H8ClNO3S. The highest BCUT2D eigenvalue weighted by Crippen LogP contribution is 2.30. The van der Waals surface area contributed by atoms with Crippen LogP contribution in [0.1, 0.15) is 0 Å². The Bertz CT molecular complexity index is 667. The van der Waals surface area contributed by atoms with Crippen molar-refractivity contribution >= 4 is 38.2 Å². The number of rotatable bonds is 1. The van der Waals surface area contributed by atoms with E-state index in [2.05, 4.69) is 0 Å². The highest BCUT2D eigenvalue weighted by molar-refractivity contribution is 7.85. The van der Waals surface area contributed by atoms with Crippen molar-refractivity contribution in [1.29, 1.82) is 0 Å². The molecule has 16 heavy (non-hydrogen) atoms. The number of halogens is 1. The maximum absolute atomic E-state index is 10.9. The van der Waals surface area contributed by atoms with Gasteiger partial charge in [-0.2, -0.15) is 8.42 Å². The summed E-state index contributed by atoms with van der Waals surface area (Å²) in [5, 5.41) is 1.63. The minimum absolute atomic E-state index is 0.166. The van der Waals surface area contributed by atoms with Gasteiger partial charge in [0.1, 0.15) is 0 Å². The third-order valence-electron chi connectivity index (χ3n) is 2.25. The summed E-state index contributed by atoms with van der Waals surface area (Å²) in [5.74, 6) is 0. The Kier molecular flexibility index (Phi) is 2.53. The maximum Gasteiger partial charge on any atom is 0.294 e. The third-order valence-corrected chi connectivity index (χ3v) is 3.52. The fraction of sp³-hybridized carbons (Fsp3) is 0. The molecule has 0 bridgehead atoms. The van der Waals surface area contributed by atoms with E-state index in [0.717, 1.165) is 0 Å². The summed E-state index contributed by atoms with van der Waals surface area (Å²) in [7, 11) is -4.19. The standard InChI is InChI=1S/C10H8ClNO3S/c11-10-8-3-2-7(16(13,14)15)5-6(8)1-4-9(10)12/h1-5H,12H2,(H,13,14,15). The lowest BCUT2D eigenvalue weighted by molar-refractivity contribution is 0.483. The zero-order chi connectivity index (χ0) is 11.9. The van der Waals surface area contributed by atoms with Crippen LogP contribution < -0.4 is 5.73 Å². The number of fused-ring (bicyclic) bond motifs is 1. The molecule has 2 rings (SSSR count). The second-order valence-electron chi connectivity index (χ2n) is 3.33. The van der Waals surface area contributed by atoms with Crippen molar-refractivity contribution in [1.82, 2.24) is 0 Å². The number of benzene rings is 2. The molecule has 0 saturated heterocycles. The van der Waals surface area contributed by atoms with Crippen LogP contribution in [0.2, 0.25) is 5.02 Å². The van der Waals surface area contributed by atoms with E-state index in [1.807, 2.05) is 0 Å². The number of nitrogens with two attached hydrogens (primary N) is 1. The predicted octanol–water partition coefficient (Wildman–Crippen LogP) is 2.32. The molecule has 84 valence electrons. The molecule has 3 N–H and O–H groups in total. The van der Waals surface area contributed by atoms with Crippen LogP contribution in [0.25, 0.3) is 10.8 Å². The van der Waals surface area contributed by atoms with E-state index < -0.39 is 10.1 Å². The topological polar surface area (TPSA) is 80.4 Å². The van der Waals surface area contributed by atoms with E-state index in [1.165, 1.54) is 18.2 Å². The van der Waals surface area contributed by atoms with Crippen molar-refractivity contribution in [2.75, 3.05) is 5.73 Å². The van der Waals surface area contributed by atoms with Gasteiger partial charge in [-0.3, -0.25) is 4.55 Å². The van der Waals surface area contributed by atoms with E-state index in [1.54, 1.807) is 12.1 Å². The van der Waals surface area contributed by atoms with Gasteiger partial charge in [0.2, 0.25) is 0 Å². The van der Waals surface area contributed by atoms with Crippen LogP contribution in [0, 0.1) is 0 Å². The quantitative estimate of drug-likeness (QED) is 0.607. The normalized spacial score (nSPS) is 11.9. The average Bonchev–Trinajstić information content (AvgIpc) is 2.22. The fourth-order valence-electron chi connectivity index (χ4n) is 1.45.